The standard InChI is InChI=1S/C49H31NO/c1-3-15-32(16-4-1)34-27-35(33-17-5-2-6-18-33)29-36(28-34)50-45-25-13-9-21-39(45)40-30-48-44(31-46(40)50)49(43-24-12-14-26-47(43)51-48)41-22-10-7-19-37(41)38-20-8-11-23-42(38)49/h1-31H. The average Bonchev–Trinajstić information content (AvgIpc) is 3.68. The average molecular weight is 650 g/mol. The Labute approximate surface area is 296 Å². The number of para-hydroxylation sites is 2. The van der Waals surface area contributed by atoms with Crippen molar-refractivity contribution < 1.29 is 4.74 Å². The predicted molar refractivity (Wildman–Crippen MR) is 209 cm³/mol. The van der Waals surface area contributed by atoms with Gasteiger partial charge in [-0.3, -0.25) is 0 Å². The van der Waals surface area contributed by atoms with E-state index in [0.29, 0.717) is 0 Å². The summed E-state index contributed by atoms with van der Waals surface area (Å²) in [5.74, 6) is 1.81. The van der Waals surface area contributed by atoms with Crippen LogP contribution in [-0.2, 0) is 5.41 Å². The first-order valence-corrected chi connectivity index (χ1v) is 17.6. The van der Waals surface area contributed by atoms with Gasteiger partial charge in [-0.1, -0.05) is 146 Å². The fraction of sp³-hybridized carbons (Fsp3) is 0.0204. The van der Waals surface area contributed by atoms with Crippen molar-refractivity contribution in [1.29, 1.82) is 0 Å². The van der Waals surface area contributed by atoms with E-state index in [-0.39, 0.29) is 0 Å². The van der Waals surface area contributed by atoms with Crippen LogP contribution in [0.1, 0.15) is 22.3 Å². The second-order valence-electron chi connectivity index (χ2n) is 13.7. The van der Waals surface area contributed by atoms with Crippen molar-refractivity contribution in [1.82, 2.24) is 4.57 Å². The minimum Gasteiger partial charge on any atom is -0.457 e. The minimum atomic E-state index is -0.534. The van der Waals surface area contributed by atoms with Gasteiger partial charge in [-0.05, 0) is 87.0 Å². The maximum atomic E-state index is 6.91. The molecular formula is C49H31NO. The van der Waals surface area contributed by atoms with Crippen molar-refractivity contribution in [2.75, 3.05) is 0 Å². The largest absolute Gasteiger partial charge is 0.457 e. The van der Waals surface area contributed by atoms with Gasteiger partial charge in [0.2, 0.25) is 0 Å². The normalized spacial score (nSPS) is 13.4. The van der Waals surface area contributed by atoms with Crippen LogP contribution in [0.5, 0.6) is 11.5 Å². The van der Waals surface area contributed by atoms with E-state index in [4.69, 9.17) is 4.74 Å². The molecule has 0 atom stereocenters. The highest BCUT2D eigenvalue weighted by Crippen LogP contribution is 2.62. The zero-order valence-corrected chi connectivity index (χ0v) is 27.8. The zero-order chi connectivity index (χ0) is 33.5. The second-order valence-corrected chi connectivity index (χ2v) is 13.7. The van der Waals surface area contributed by atoms with Crippen LogP contribution < -0.4 is 4.74 Å². The molecule has 1 aromatic heterocycles. The van der Waals surface area contributed by atoms with Crippen LogP contribution in [0.2, 0.25) is 0 Å². The summed E-state index contributed by atoms with van der Waals surface area (Å²) in [6.07, 6.45) is 0. The monoisotopic (exact) mass is 649 g/mol. The fourth-order valence-corrected chi connectivity index (χ4v) is 8.93. The lowest BCUT2D eigenvalue weighted by molar-refractivity contribution is 0.437. The van der Waals surface area contributed by atoms with Gasteiger partial charge < -0.3 is 9.30 Å². The van der Waals surface area contributed by atoms with E-state index >= 15 is 0 Å². The molecule has 51 heavy (non-hydrogen) atoms. The molecule has 0 saturated carbocycles. The zero-order valence-electron chi connectivity index (χ0n) is 27.8. The quantitative estimate of drug-likeness (QED) is 0.186. The van der Waals surface area contributed by atoms with Gasteiger partial charge >= 0.3 is 0 Å². The lowest BCUT2D eigenvalue weighted by Gasteiger charge is -2.39. The molecular weight excluding hydrogens is 619 g/mol. The summed E-state index contributed by atoms with van der Waals surface area (Å²) in [4.78, 5) is 0. The van der Waals surface area contributed by atoms with Gasteiger partial charge in [0.1, 0.15) is 11.5 Å². The minimum absolute atomic E-state index is 0.534. The van der Waals surface area contributed by atoms with E-state index in [9.17, 15) is 0 Å². The van der Waals surface area contributed by atoms with Crippen LogP contribution >= 0.6 is 0 Å². The molecule has 238 valence electrons. The Balaban J connectivity index is 1.27. The highest BCUT2D eigenvalue weighted by molar-refractivity contribution is 6.11. The molecule has 0 radical (unpaired) electrons. The molecule has 11 rings (SSSR count). The Morgan fingerprint density at radius 2 is 0.902 bits per heavy atom. The summed E-state index contributed by atoms with van der Waals surface area (Å²) in [5.41, 5.74) is 15.1. The summed E-state index contributed by atoms with van der Waals surface area (Å²) in [6, 6.07) is 68.4. The Morgan fingerprint density at radius 1 is 0.353 bits per heavy atom. The Hall–Kier alpha value is -6.64. The number of rotatable bonds is 3. The summed E-state index contributed by atoms with van der Waals surface area (Å²) in [5, 5.41) is 2.37. The molecule has 0 unspecified atom stereocenters. The molecule has 0 saturated heterocycles. The van der Waals surface area contributed by atoms with Gasteiger partial charge in [-0.2, -0.15) is 0 Å². The highest BCUT2D eigenvalue weighted by Gasteiger charge is 2.51. The van der Waals surface area contributed by atoms with Crippen molar-refractivity contribution in [2.45, 2.75) is 5.41 Å². The molecule has 0 bridgehead atoms. The van der Waals surface area contributed by atoms with Crippen LogP contribution in [0, 0.1) is 0 Å². The number of hydrogen-bond acceptors (Lipinski definition) is 1. The van der Waals surface area contributed by atoms with Crippen molar-refractivity contribution >= 4 is 21.8 Å². The molecule has 0 fully saturated rings. The number of hydrogen-bond donors (Lipinski definition) is 0. The lowest BCUT2D eigenvalue weighted by atomic mass is 9.66. The fourth-order valence-electron chi connectivity index (χ4n) is 8.93. The van der Waals surface area contributed by atoms with Crippen molar-refractivity contribution in [3.63, 3.8) is 0 Å². The van der Waals surface area contributed by atoms with Crippen LogP contribution in [0.3, 0.4) is 0 Å². The van der Waals surface area contributed by atoms with Crippen LogP contribution in [0.25, 0.3) is 60.9 Å². The molecule has 2 heteroatoms. The van der Waals surface area contributed by atoms with Crippen molar-refractivity contribution in [3.05, 3.63) is 210 Å². The van der Waals surface area contributed by atoms with E-state index in [0.717, 1.165) is 33.8 Å². The summed E-state index contributed by atoms with van der Waals surface area (Å²) in [7, 11) is 0. The van der Waals surface area contributed by atoms with E-state index in [1.165, 1.54) is 60.8 Å². The van der Waals surface area contributed by atoms with E-state index in [1.807, 2.05) is 0 Å². The summed E-state index contributed by atoms with van der Waals surface area (Å²) < 4.78 is 9.37. The van der Waals surface area contributed by atoms with Crippen LogP contribution in [-0.4, -0.2) is 4.57 Å². The van der Waals surface area contributed by atoms with Gasteiger partial charge in [0.15, 0.2) is 0 Å². The van der Waals surface area contributed by atoms with Gasteiger partial charge in [-0.15, -0.1) is 0 Å². The molecule has 1 spiro atoms. The molecule has 8 aromatic carbocycles. The SMILES string of the molecule is c1ccc(-c2cc(-c3ccccc3)cc(-n3c4ccccc4c4cc5c(cc43)C3(c4ccccc4O5)c4ccccc4-c4ccccc43)c2)cc1. The number of benzene rings is 8. The van der Waals surface area contributed by atoms with Gasteiger partial charge in [0.25, 0.3) is 0 Å². The highest BCUT2D eigenvalue weighted by atomic mass is 16.5. The van der Waals surface area contributed by atoms with Gasteiger partial charge in [0, 0.05) is 27.6 Å². The summed E-state index contributed by atoms with van der Waals surface area (Å²) >= 11 is 0. The first-order chi connectivity index (χ1) is 25.3. The molecule has 2 heterocycles. The molecule has 1 aliphatic heterocycles. The van der Waals surface area contributed by atoms with Crippen LogP contribution in [0.4, 0.5) is 0 Å². The number of ether oxygens (including phenoxy) is 1. The first-order valence-electron chi connectivity index (χ1n) is 17.6. The maximum Gasteiger partial charge on any atom is 0.133 e. The predicted octanol–water partition coefficient (Wildman–Crippen LogP) is 12.6. The van der Waals surface area contributed by atoms with E-state index < -0.39 is 5.41 Å². The molecule has 2 nitrogen and oxygen atoms in total. The summed E-state index contributed by atoms with van der Waals surface area (Å²) in [6.45, 7) is 0. The third-order valence-corrected chi connectivity index (χ3v) is 11.0. The van der Waals surface area contributed by atoms with Crippen molar-refractivity contribution in [3.8, 4) is 50.6 Å². The number of aromatic nitrogens is 1. The smallest absolute Gasteiger partial charge is 0.133 e. The van der Waals surface area contributed by atoms with E-state index in [2.05, 4.69) is 193 Å². The Kier molecular flexibility index (Phi) is 5.91. The van der Waals surface area contributed by atoms with Crippen molar-refractivity contribution in [2.24, 2.45) is 0 Å². The molecule has 2 aliphatic rings. The molecule has 1 aliphatic carbocycles. The second kappa shape index (κ2) is 10.7. The lowest BCUT2D eigenvalue weighted by Crippen LogP contribution is -2.32. The Morgan fingerprint density at radius 3 is 1.57 bits per heavy atom. The Bertz CT molecular complexity index is 2720. The van der Waals surface area contributed by atoms with E-state index in [1.54, 1.807) is 0 Å². The van der Waals surface area contributed by atoms with Gasteiger partial charge in [0.05, 0.1) is 16.4 Å². The third-order valence-electron chi connectivity index (χ3n) is 11.0. The molecule has 0 amide bonds. The topological polar surface area (TPSA) is 14.2 Å². The first kappa shape index (κ1) is 28.2. The van der Waals surface area contributed by atoms with Gasteiger partial charge in [-0.25, -0.2) is 0 Å². The maximum absolute atomic E-state index is 6.91. The third kappa shape index (κ3) is 3.93. The number of nitrogens with zero attached hydrogens (tertiary/aromatic N) is 1. The van der Waals surface area contributed by atoms with Crippen LogP contribution in [0.15, 0.2) is 188 Å². The molecule has 0 N–H and O–H groups in total. The molecule has 9 aromatic rings. The number of fused-ring (bicyclic) bond motifs is 12.